The van der Waals surface area contributed by atoms with Crippen molar-refractivity contribution in [3.63, 3.8) is 0 Å². The van der Waals surface area contributed by atoms with Crippen LogP contribution in [0.2, 0.25) is 5.02 Å². The average Bonchev–Trinajstić information content (AvgIpc) is 2.25. The van der Waals surface area contributed by atoms with Gasteiger partial charge in [0.2, 0.25) is 0 Å². The topological polar surface area (TPSA) is 29.3 Å². The van der Waals surface area contributed by atoms with Crippen LogP contribution in [-0.4, -0.2) is 13.1 Å². The third-order valence-corrected chi connectivity index (χ3v) is 3.48. The maximum Gasteiger partial charge on any atom is 0.144 e. The minimum Gasteiger partial charge on any atom is -0.397 e. The minimum absolute atomic E-state index is 0.0895. The maximum absolute atomic E-state index is 13.4. The van der Waals surface area contributed by atoms with Crippen LogP contribution in [0.1, 0.15) is 19.8 Å². The van der Waals surface area contributed by atoms with Gasteiger partial charge in [0.15, 0.2) is 0 Å². The monoisotopic (exact) mass is 242 g/mol. The van der Waals surface area contributed by atoms with Gasteiger partial charge in [-0.05, 0) is 24.8 Å². The van der Waals surface area contributed by atoms with Gasteiger partial charge in [0, 0.05) is 19.2 Å². The molecule has 2 N–H and O–H groups in total. The van der Waals surface area contributed by atoms with E-state index >= 15 is 0 Å². The largest absolute Gasteiger partial charge is 0.397 e. The fourth-order valence-corrected chi connectivity index (χ4v) is 2.25. The third kappa shape index (κ3) is 2.24. The molecule has 1 aromatic carbocycles. The fourth-order valence-electron chi connectivity index (χ4n) is 2.08. The van der Waals surface area contributed by atoms with E-state index in [2.05, 4.69) is 11.8 Å². The first-order valence-corrected chi connectivity index (χ1v) is 5.95. The quantitative estimate of drug-likeness (QED) is 0.766. The van der Waals surface area contributed by atoms with Gasteiger partial charge in [0.05, 0.1) is 16.4 Å². The molecule has 1 saturated heterocycles. The molecule has 1 aliphatic heterocycles. The van der Waals surface area contributed by atoms with Gasteiger partial charge >= 0.3 is 0 Å². The average molecular weight is 243 g/mol. The van der Waals surface area contributed by atoms with Crippen LogP contribution in [-0.2, 0) is 0 Å². The highest BCUT2D eigenvalue weighted by Gasteiger charge is 2.18. The number of nitrogens with zero attached hydrogens (tertiary/aromatic N) is 1. The summed E-state index contributed by atoms with van der Waals surface area (Å²) in [5, 5.41) is 0.0895. The number of benzene rings is 1. The van der Waals surface area contributed by atoms with Crippen molar-refractivity contribution in [2.24, 2.45) is 5.92 Å². The van der Waals surface area contributed by atoms with E-state index in [0.29, 0.717) is 5.69 Å². The summed E-state index contributed by atoms with van der Waals surface area (Å²) in [5.74, 6) is 0.346. The van der Waals surface area contributed by atoms with E-state index in [1.807, 2.05) is 0 Å². The number of nitrogen functional groups attached to an aromatic ring is 1. The second-order valence-electron chi connectivity index (χ2n) is 4.49. The fraction of sp³-hybridized carbons (Fsp3) is 0.500. The van der Waals surface area contributed by atoms with E-state index in [1.165, 1.54) is 12.1 Å². The molecule has 0 radical (unpaired) electrons. The zero-order chi connectivity index (χ0) is 11.7. The molecule has 0 aromatic heterocycles. The molecule has 1 aliphatic rings. The Morgan fingerprint density at radius 2 is 2.00 bits per heavy atom. The summed E-state index contributed by atoms with van der Waals surface area (Å²) in [6, 6.07) is 2.93. The van der Waals surface area contributed by atoms with Crippen LogP contribution in [0.15, 0.2) is 12.1 Å². The number of piperidine rings is 1. The Bertz CT molecular complexity index is 387. The molecule has 0 bridgehead atoms. The molecule has 1 fully saturated rings. The molecule has 0 unspecified atom stereocenters. The normalized spacial score (nSPS) is 17.8. The van der Waals surface area contributed by atoms with Crippen molar-refractivity contribution >= 4 is 23.0 Å². The van der Waals surface area contributed by atoms with Crippen LogP contribution in [0.5, 0.6) is 0 Å². The lowest BCUT2D eigenvalue weighted by Gasteiger charge is -2.33. The lowest BCUT2D eigenvalue weighted by Crippen LogP contribution is -2.33. The second kappa shape index (κ2) is 4.50. The molecule has 0 amide bonds. The van der Waals surface area contributed by atoms with Crippen molar-refractivity contribution in [1.29, 1.82) is 0 Å². The summed E-state index contributed by atoms with van der Waals surface area (Å²) in [4.78, 5) is 2.13. The minimum atomic E-state index is -0.399. The van der Waals surface area contributed by atoms with Gasteiger partial charge < -0.3 is 10.6 Å². The summed E-state index contributed by atoms with van der Waals surface area (Å²) >= 11 is 5.67. The predicted octanol–water partition coefficient (Wildman–Crippen LogP) is 3.30. The van der Waals surface area contributed by atoms with Crippen LogP contribution >= 0.6 is 11.6 Å². The molecule has 88 valence electrons. The van der Waals surface area contributed by atoms with Gasteiger partial charge in [-0.1, -0.05) is 18.5 Å². The predicted molar refractivity (Wildman–Crippen MR) is 66.4 cm³/mol. The van der Waals surface area contributed by atoms with E-state index in [9.17, 15) is 4.39 Å². The first-order chi connectivity index (χ1) is 7.58. The Labute approximate surface area is 100 Å². The van der Waals surface area contributed by atoms with Crippen molar-refractivity contribution in [2.45, 2.75) is 19.8 Å². The molecule has 1 heterocycles. The van der Waals surface area contributed by atoms with Gasteiger partial charge in [-0.3, -0.25) is 0 Å². The SMILES string of the molecule is CC1CCN(c2cc(F)c(Cl)cc2N)CC1. The second-order valence-corrected chi connectivity index (χ2v) is 4.90. The van der Waals surface area contributed by atoms with Crippen LogP contribution in [0.25, 0.3) is 0 Å². The first kappa shape index (κ1) is 11.5. The van der Waals surface area contributed by atoms with Crippen LogP contribution < -0.4 is 10.6 Å². The van der Waals surface area contributed by atoms with Gasteiger partial charge in [0.25, 0.3) is 0 Å². The van der Waals surface area contributed by atoms with E-state index < -0.39 is 5.82 Å². The Morgan fingerprint density at radius 1 is 1.38 bits per heavy atom. The molecule has 2 nitrogen and oxygen atoms in total. The van der Waals surface area contributed by atoms with Gasteiger partial charge in [-0.25, -0.2) is 4.39 Å². The zero-order valence-corrected chi connectivity index (χ0v) is 10.1. The van der Waals surface area contributed by atoms with Crippen molar-refractivity contribution in [3.8, 4) is 0 Å². The van der Waals surface area contributed by atoms with Crippen LogP contribution in [0.4, 0.5) is 15.8 Å². The third-order valence-electron chi connectivity index (χ3n) is 3.19. The van der Waals surface area contributed by atoms with E-state index in [4.69, 9.17) is 17.3 Å². The number of hydrogen-bond donors (Lipinski definition) is 1. The molecule has 1 aromatic rings. The molecular formula is C12H16ClFN2. The van der Waals surface area contributed by atoms with E-state index in [-0.39, 0.29) is 5.02 Å². The lowest BCUT2D eigenvalue weighted by molar-refractivity contribution is 0.438. The highest BCUT2D eigenvalue weighted by molar-refractivity contribution is 6.31. The van der Waals surface area contributed by atoms with Crippen LogP contribution in [0, 0.1) is 11.7 Å². The summed E-state index contributed by atoms with van der Waals surface area (Å²) in [7, 11) is 0. The summed E-state index contributed by atoms with van der Waals surface area (Å²) in [5.41, 5.74) is 7.19. The summed E-state index contributed by atoms with van der Waals surface area (Å²) in [6.07, 6.45) is 2.26. The molecular weight excluding hydrogens is 227 g/mol. The Balaban J connectivity index is 2.23. The van der Waals surface area contributed by atoms with Crippen LogP contribution in [0.3, 0.4) is 0 Å². The van der Waals surface area contributed by atoms with Gasteiger partial charge in [0.1, 0.15) is 5.82 Å². The first-order valence-electron chi connectivity index (χ1n) is 5.57. The summed E-state index contributed by atoms with van der Waals surface area (Å²) in [6.45, 7) is 4.11. The van der Waals surface area contributed by atoms with Crippen molar-refractivity contribution in [2.75, 3.05) is 23.7 Å². The van der Waals surface area contributed by atoms with E-state index in [0.717, 1.165) is 37.5 Å². The van der Waals surface area contributed by atoms with Crippen molar-refractivity contribution in [1.82, 2.24) is 0 Å². The van der Waals surface area contributed by atoms with Crippen molar-refractivity contribution in [3.05, 3.63) is 23.0 Å². The Morgan fingerprint density at radius 3 is 2.62 bits per heavy atom. The number of rotatable bonds is 1. The smallest absolute Gasteiger partial charge is 0.144 e. The summed E-state index contributed by atoms with van der Waals surface area (Å²) < 4.78 is 13.4. The Kier molecular flexibility index (Phi) is 3.24. The molecule has 0 aliphatic carbocycles. The number of anilines is 2. The molecule has 2 rings (SSSR count). The highest BCUT2D eigenvalue weighted by atomic mass is 35.5. The van der Waals surface area contributed by atoms with E-state index in [1.54, 1.807) is 0 Å². The standard InChI is InChI=1S/C12H16ClFN2/c1-8-2-4-16(5-3-8)12-7-10(14)9(13)6-11(12)15/h6-8H,2-5,15H2,1H3. The van der Waals surface area contributed by atoms with Gasteiger partial charge in [-0.2, -0.15) is 0 Å². The number of hydrogen-bond acceptors (Lipinski definition) is 2. The van der Waals surface area contributed by atoms with Gasteiger partial charge in [-0.15, -0.1) is 0 Å². The molecule has 16 heavy (non-hydrogen) atoms. The highest BCUT2D eigenvalue weighted by Crippen LogP contribution is 2.31. The Hall–Kier alpha value is -0.960. The number of nitrogens with two attached hydrogens (primary N) is 1. The molecule has 4 heteroatoms. The molecule has 0 spiro atoms. The molecule has 0 atom stereocenters. The lowest BCUT2D eigenvalue weighted by atomic mass is 9.98. The zero-order valence-electron chi connectivity index (χ0n) is 9.34. The molecule has 0 saturated carbocycles. The maximum atomic E-state index is 13.4. The number of halogens is 2. The van der Waals surface area contributed by atoms with Crippen molar-refractivity contribution < 1.29 is 4.39 Å².